The second-order valence-corrected chi connectivity index (χ2v) is 9.56. The van der Waals surface area contributed by atoms with Crippen LogP contribution in [0, 0.1) is 25.7 Å². The summed E-state index contributed by atoms with van der Waals surface area (Å²) in [4.78, 5) is 44.7. The van der Waals surface area contributed by atoms with Gasteiger partial charge in [0.05, 0.1) is 17.5 Å². The van der Waals surface area contributed by atoms with Gasteiger partial charge >= 0.3 is 0 Å². The molecule has 3 fully saturated rings. The molecule has 7 heteroatoms. The zero-order chi connectivity index (χ0) is 21.7. The number of rotatable bonds is 1. The van der Waals surface area contributed by atoms with Crippen molar-refractivity contribution in [2.75, 3.05) is 16.8 Å². The van der Waals surface area contributed by atoms with Crippen LogP contribution in [0.2, 0.25) is 5.02 Å². The Morgan fingerprint density at radius 3 is 2.68 bits per heavy atom. The van der Waals surface area contributed by atoms with Gasteiger partial charge < -0.3 is 5.32 Å². The minimum atomic E-state index is -1.14. The number of halogens is 1. The molecule has 1 spiro atoms. The van der Waals surface area contributed by atoms with E-state index in [4.69, 9.17) is 11.6 Å². The number of fused-ring (bicyclic) bond motifs is 7. The van der Waals surface area contributed by atoms with E-state index in [1.54, 1.807) is 12.1 Å². The quantitative estimate of drug-likeness (QED) is 0.697. The lowest BCUT2D eigenvalue weighted by Crippen LogP contribution is -2.54. The smallest absolute Gasteiger partial charge is 0.250 e. The number of hydrogen-bond acceptors (Lipinski definition) is 4. The molecule has 2 aromatic carbocycles. The van der Waals surface area contributed by atoms with Crippen LogP contribution in [0.5, 0.6) is 0 Å². The number of hydrogen-bond donors (Lipinski definition) is 1. The van der Waals surface area contributed by atoms with E-state index < -0.39 is 17.4 Å². The number of imide groups is 1. The standard InChI is InChI=1S/C24H22ClN3O3/c1-12-5-8-16-15(10-12)24(23(31)26-16)20-19(17-4-3-9-27(17)24)21(29)28(22(20)30)18-11-14(25)7-6-13(18)2/h5-8,10-11,17,19-20H,3-4,9H2,1-2H3,(H,26,31)/t17-,19+,20+,24-/m1/s1. The van der Waals surface area contributed by atoms with E-state index in [0.29, 0.717) is 17.3 Å². The predicted molar refractivity (Wildman–Crippen MR) is 117 cm³/mol. The second kappa shape index (κ2) is 6.17. The number of carbonyl (C=O) groups excluding carboxylic acids is 3. The van der Waals surface area contributed by atoms with Gasteiger partial charge in [-0.1, -0.05) is 35.4 Å². The molecule has 158 valence electrons. The number of benzene rings is 2. The summed E-state index contributed by atoms with van der Waals surface area (Å²) in [6.45, 7) is 4.54. The molecule has 0 bridgehead atoms. The predicted octanol–water partition coefficient (Wildman–Crippen LogP) is 3.39. The molecule has 0 unspecified atom stereocenters. The average Bonchev–Trinajstić information content (AvgIpc) is 3.43. The fourth-order valence-electron chi connectivity index (χ4n) is 6.38. The number of anilines is 2. The highest BCUT2D eigenvalue weighted by Crippen LogP contribution is 2.60. The van der Waals surface area contributed by atoms with Gasteiger partial charge in [0.15, 0.2) is 0 Å². The van der Waals surface area contributed by atoms with Crippen LogP contribution < -0.4 is 10.2 Å². The third-order valence-electron chi connectivity index (χ3n) is 7.56. The zero-order valence-corrected chi connectivity index (χ0v) is 18.1. The highest BCUT2D eigenvalue weighted by molar-refractivity contribution is 6.32. The number of nitrogens with one attached hydrogen (secondary N) is 1. The molecular weight excluding hydrogens is 414 g/mol. The normalized spacial score (nSPS) is 31.4. The Balaban J connectivity index is 1.58. The van der Waals surface area contributed by atoms with Gasteiger partial charge in [-0.15, -0.1) is 0 Å². The van der Waals surface area contributed by atoms with E-state index in [-0.39, 0.29) is 23.8 Å². The molecule has 1 N–H and O–H groups in total. The van der Waals surface area contributed by atoms with Crippen molar-refractivity contribution in [1.29, 1.82) is 0 Å². The lowest BCUT2D eigenvalue weighted by Gasteiger charge is -2.37. The summed E-state index contributed by atoms with van der Waals surface area (Å²) in [6, 6.07) is 10.9. The largest absolute Gasteiger partial charge is 0.324 e. The molecule has 4 aliphatic rings. The van der Waals surface area contributed by atoms with Crippen molar-refractivity contribution in [3.63, 3.8) is 0 Å². The highest BCUT2D eigenvalue weighted by Gasteiger charge is 2.74. The Morgan fingerprint density at radius 1 is 1.06 bits per heavy atom. The maximum absolute atomic E-state index is 13.9. The van der Waals surface area contributed by atoms with Crippen LogP contribution in [-0.2, 0) is 19.9 Å². The average molecular weight is 436 g/mol. The highest BCUT2D eigenvalue weighted by atomic mass is 35.5. The molecule has 4 atom stereocenters. The molecule has 0 aromatic heterocycles. The molecule has 2 aromatic rings. The Labute approximate surface area is 185 Å². The van der Waals surface area contributed by atoms with Crippen molar-refractivity contribution in [2.24, 2.45) is 11.8 Å². The Hall–Kier alpha value is -2.70. The van der Waals surface area contributed by atoms with Crippen molar-refractivity contribution in [2.45, 2.75) is 38.3 Å². The fourth-order valence-corrected chi connectivity index (χ4v) is 6.54. The number of aryl methyl sites for hydroxylation is 2. The molecule has 4 aliphatic heterocycles. The maximum atomic E-state index is 13.9. The van der Waals surface area contributed by atoms with Crippen LogP contribution in [0.15, 0.2) is 36.4 Å². The Kier molecular flexibility index (Phi) is 3.79. The lowest BCUT2D eigenvalue weighted by molar-refractivity contribution is -0.135. The third-order valence-corrected chi connectivity index (χ3v) is 7.80. The Morgan fingerprint density at radius 2 is 1.87 bits per heavy atom. The summed E-state index contributed by atoms with van der Waals surface area (Å²) in [7, 11) is 0. The topological polar surface area (TPSA) is 69.7 Å². The van der Waals surface area contributed by atoms with E-state index in [1.807, 2.05) is 38.1 Å². The third kappa shape index (κ3) is 2.19. The van der Waals surface area contributed by atoms with E-state index in [9.17, 15) is 14.4 Å². The van der Waals surface area contributed by atoms with Crippen LogP contribution in [0.25, 0.3) is 0 Å². The van der Waals surface area contributed by atoms with Crippen LogP contribution >= 0.6 is 11.6 Å². The molecule has 3 saturated heterocycles. The molecule has 4 heterocycles. The van der Waals surface area contributed by atoms with Crippen molar-refractivity contribution in [3.05, 3.63) is 58.1 Å². The zero-order valence-electron chi connectivity index (χ0n) is 17.3. The number of carbonyl (C=O) groups is 3. The number of amides is 3. The van der Waals surface area contributed by atoms with Crippen LogP contribution in [0.4, 0.5) is 11.4 Å². The van der Waals surface area contributed by atoms with Crippen molar-refractivity contribution >= 4 is 40.7 Å². The lowest BCUT2D eigenvalue weighted by atomic mass is 9.75. The van der Waals surface area contributed by atoms with Crippen LogP contribution in [-0.4, -0.2) is 35.2 Å². The number of nitrogens with zero attached hydrogens (tertiary/aromatic N) is 2. The van der Waals surface area contributed by atoms with Gasteiger partial charge in [0.1, 0.15) is 5.54 Å². The van der Waals surface area contributed by atoms with Crippen molar-refractivity contribution in [1.82, 2.24) is 4.90 Å². The van der Waals surface area contributed by atoms with Gasteiger partial charge in [0.25, 0.3) is 0 Å². The summed E-state index contributed by atoms with van der Waals surface area (Å²) < 4.78 is 0. The summed E-state index contributed by atoms with van der Waals surface area (Å²) in [5.74, 6) is -2.00. The van der Waals surface area contributed by atoms with Crippen molar-refractivity contribution < 1.29 is 14.4 Å². The first-order valence-corrected chi connectivity index (χ1v) is 11.1. The SMILES string of the molecule is Cc1ccc2c(c1)[C@]1(C(=O)N2)[C@@H]2C(=O)N(c3cc(Cl)ccc3C)C(=O)[C@H]2[C@H]2CCCN21. The van der Waals surface area contributed by atoms with Gasteiger partial charge in [-0.05, 0) is 57.0 Å². The van der Waals surface area contributed by atoms with Crippen molar-refractivity contribution in [3.8, 4) is 0 Å². The minimum Gasteiger partial charge on any atom is -0.324 e. The first kappa shape index (κ1) is 19.0. The molecule has 0 saturated carbocycles. The molecule has 6 rings (SSSR count). The van der Waals surface area contributed by atoms with E-state index in [1.165, 1.54) is 4.90 Å². The van der Waals surface area contributed by atoms with E-state index in [0.717, 1.165) is 35.2 Å². The monoisotopic (exact) mass is 435 g/mol. The van der Waals surface area contributed by atoms with E-state index >= 15 is 0 Å². The second-order valence-electron chi connectivity index (χ2n) is 9.12. The van der Waals surface area contributed by atoms with Crippen LogP contribution in [0.3, 0.4) is 0 Å². The summed E-state index contributed by atoms with van der Waals surface area (Å²) in [5.41, 5.74) is 2.76. The van der Waals surface area contributed by atoms with Gasteiger partial charge in [-0.25, -0.2) is 4.90 Å². The fraction of sp³-hybridized carbons (Fsp3) is 0.375. The first-order valence-electron chi connectivity index (χ1n) is 10.7. The van der Waals surface area contributed by atoms with Gasteiger partial charge in [-0.2, -0.15) is 0 Å². The van der Waals surface area contributed by atoms with Gasteiger partial charge in [0.2, 0.25) is 17.7 Å². The minimum absolute atomic E-state index is 0.122. The summed E-state index contributed by atoms with van der Waals surface area (Å²) in [6.07, 6.45) is 1.71. The van der Waals surface area contributed by atoms with E-state index in [2.05, 4.69) is 10.2 Å². The molecule has 0 radical (unpaired) electrons. The summed E-state index contributed by atoms with van der Waals surface area (Å²) in [5, 5.41) is 3.48. The molecule has 0 aliphatic carbocycles. The van der Waals surface area contributed by atoms with Crippen LogP contribution in [0.1, 0.15) is 29.5 Å². The summed E-state index contributed by atoms with van der Waals surface area (Å²) >= 11 is 6.21. The molecule has 3 amide bonds. The van der Waals surface area contributed by atoms with Gasteiger partial charge in [0, 0.05) is 22.3 Å². The maximum Gasteiger partial charge on any atom is 0.250 e. The molecule has 6 nitrogen and oxygen atoms in total. The first-order chi connectivity index (χ1) is 14.9. The van der Waals surface area contributed by atoms with Gasteiger partial charge in [-0.3, -0.25) is 19.3 Å². The Bertz CT molecular complexity index is 1190. The molecular formula is C24H22ClN3O3. The molecule has 31 heavy (non-hydrogen) atoms.